The van der Waals surface area contributed by atoms with Crippen molar-refractivity contribution in [2.24, 2.45) is 11.7 Å². The topological polar surface area (TPSA) is 49.6 Å². The Morgan fingerprint density at radius 1 is 1.26 bits per heavy atom. The van der Waals surface area contributed by atoms with E-state index in [1.54, 1.807) is 0 Å². The number of carbonyl (C=O) groups is 1. The molecule has 4 heteroatoms. The largest absolute Gasteiger partial charge is 0.345 e. The zero-order valence-electron chi connectivity index (χ0n) is 12.3. The lowest BCUT2D eigenvalue weighted by molar-refractivity contribution is -0.132. The number of nitrogens with two attached hydrogens (primary N) is 1. The van der Waals surface area contributed by atoms with Crippen LogP contribution in [0, 0.1) is 5.92 Å². The quantitative estimate of drug-likeness (QED) is 0.820. The van der Waals surface area contributed by atoms with Gasteiger partial charge in [0.15, 0.2) is 0 Å². The summed E-state index contributed by atoms with van der Waals surface area (Å²) in [5.41, 5.74) is 5.50. The molecule has 1 heterocycles. The van der Waals surface area contributed by atoms with Crippen LogP contribution >= 0.6 is 0 Å². The van der Waals surface area contributed by atoms with Gasteiger partial charge in [0.1, 0.15) is 0 Å². The van der Waals surface area contributed by atoms with E-state index in [1.165, 1.54) is 38.5 Å². The predicted molar refractivity (Wildman–Crippen MR) is 77.9 cm³/mol. The fourth-order valence-corrected chi connectivity index (χ4v) is 3.67. The van der Waals surface area contributed by atoms with E-state index in [9.17, 15) is 4.79 Å². The van der Waals surface area contributed by atoms with Crippen LogP contribution in [0.1, 0.15) is 44.9 Å². The fraction of sp³-hybridized carbons (Fsp3) is 0.933. The van der Waals surface area contributed by atoms with Gasteiger partial charge in [0.05, 0.1) is 6.54 Å². The van der Waals surface area contributed by atoms with Crippen molar-refractivity contribution in [1.29, 1.82) is 0 Å². The summed E-state index contributed by atoms with van der Waals surface area (Å²) in [7, 11) is 1.90. The van der Waals surface area contributed by atoms with Crippen LogP contribution in [-0.2, 0) is 4.79 Å². The molecule has 19 heavy (non-hydrogen) atoms. The van der Waals surface area contributed by atoms with Crippen LogP contribution in [0.4, 0.5) is 0 Å². The van der Waals surface area contributed by atoms with Gasteiger partial charge in [-0.05, 0) is 51.1 Å². The minimum atomic E-state index is 0.264. The van der Waals surface area contributed by atoms with Crippen LogP contribution < -0.4 is 5.73 Å². The average molecular weight is 267 g/mol. The summed E-state index contributed by atoms with van der Waals surface area (Å²) < 4.78 is 0. The number of amides is 1. The second-order valence-electron chi connectivity index (χ2n) is 6.18. The third-order valence-electron chi connectivity index (χ3n) is 4.82. The molecular formula is C15H29N3O. The van der Waals surface area contributed by atoms with Gasteiger partial charge in [-0.1, -0.05) is 12.8 Å². The highest BCUT2D eigenvalue weighted by atomic mass is 16.2. The average Bonchev–Trinajstić information content (AvgIpc) is 2.45. The third-order valence-corrected chi connectivity index (χ3v) is 4.82. The monoisotopic (exact) mass is 267 g/mol. The summed E-state index contributed by atoms with van der Waals surface area (Å²) in [6.45, 7) is 3.17. The van der Waals surface area contributed by atoms with E-state index in [0.29, 0.717) is 19.1 Å². The predicted octanol–water partition coefficient (Wildman–Crippen LogP) is 1.45. The van der Waals surface area contributed by atoms with E-state index in [4.69, 9.17) is 5.73 Å². The number of rotatable bonds is 5. The number of likely N-dealkylation sites (tertiary alicyclic amines) is 1. The maximum absolute atomic E-state index is 12.2. The van der Waals surface area contributed by atoms with E-state index in [1.807, 2.05) is 11.9 Å². The molecule has 2 N–H and O–H groups in total. The second kappa shape index (κ2) is 7.25. The number of fused-ring (bicyclic) bond motifs is 1. The molecular weight excluding hydrogens is 238 g/mol. The van der Waals surface area contributed by atoms with E-state index >= 15 is 0 Å². The molecule has 0 radical (unpaired) electrons. The lowest BCUT2D eigenvalue weighted by atomic mass is 9.78. The molecule has 110 valence electrons. The van der Waals surface area contributed by atoms with Crippen molar-refractivity contribution in [3.8, 4) is 0 Å². The van der Waals surface area contributed by atoms with Crippen molar-refractivity contribution >= 4 is 5.91 Å². The summed E-state index contributed by atoms with van der Waals surface area (Å²) in [6.07, 6.45) is 8.94. The molecule has 0 aromatic heterocycles. The Bertz CT molecular complexity index is 293. The standard InChI is InChI=1S/C15H29N3O/c1-17(10-5-9-16)15(19)12-18-11-4-7-13-6-2-3-8-14(13)18/h13-14H,2-12,16H2,1H3/t13-,14-/m1/s1. The highest BCUT2D eigenvalue weighted by Crippen LogP contribution is 2.35. The number of nitrogens with zero attached hydrogens (tertiary/aromatic N) is 2. The minimum Gasteiger partial charge on any atom is -0.345 e. The summed E-state index contributed by atoms with van der Waals surface area (Å²) in [5, 5.41) is 0. The van der Waals surface area contributed by atoms with E-state index in [0.717, 1.165) is 25.4 Å². The molecule has 1 saturated heterocycles. The van der Waals surface area contributed by atoms with Gasteiger partial charge < -0.3 is 10.6 Å². The van der Waals surface area contributed by atoms with Crippen molar-refractivity contribution in [1.82, 2.24) is 9.80 Å². The molecule has 2 aliphatic rings. The first-order valence-corrected chi connectivity index (χ1v) is 7.90. The molecule has 1 saturated carbocycles. The molecule has 4 nitrogen and oxygen atoms in total. The zero-order chi connectivity index (χ0) is 13.7. The molecule has 0 bridgehead atoms. The van der Waals surface area contributed by atoms with Gasteiger partial charge in [-0.25, -0.2) is 0 Å². The Morgan fingerprint density at radius 2 is 2.00 bits per heavy atom. The smallest absolute Gasteiger partial charge is 0.236 e. The number of piperidine rings is 1. The van der Waals surface area contributed by atoms with Crippen molar-refractivity contribution in [2.75, 3.05) is 33.2 Å². The molecule has 0 aromatic carbocycles. The van der Waals surface area contributed by atoms with E-state index in [2.05, 4.69) is 4.90 Å². The molecule has 2 rings (SSSR count). The van der Waals surface area contributed by atoms with E-state index in [-0.39, 0.29) is 5.91 Å². The summed E-state index contributed by atoms with van der Waals surface area (Å²) in [6, 6.07) is 0.675. The van der Waals surface area contributed by atoms with Gasteiger partial charge in [-0.3, -0.25) is 9.69 Å². The summed E-state index contributed by atoms with van der Waals surface area (Å²) in [4.78, 5) is 16.5. The molecule has 0 aromatic rings. The summed E-state index contributed by atoms with van der Waals surface area (Å²) in [5.74, 6) is 1.12. The zero-order valence-corrected chi connectivity index (χ0v) is 12.3. The van der Waals surface area contributed by atoms with Crippen LogP contribution in [0.5, 0.6) is 0 Å². The Balaban J connectivity index is 1.84. The van der Waals surface area contributed by atoms with Crippen molar-refractivity contribution in [2.45, 2.75) is 51.0 Å². The van der Waals surface area contributed by atoms with Crippen LogP contribution in [0.25, 0.3) is 0 Å². The number of hydrogen-bond acceptors (Lipinski definition) is 3. The van der Waals surface area contributed by atoms with E-state index < -0.39 is 0 Å². The number of hydrogen-bond donors (Lipinski definition) is 1. The molecule has 0 spiro atoms. The fourth-order valence-electron chi connectivity index (χ4n) is 3.67. The Labute approximate surface area is 117 Å². The van der Waals surface area contributed by atoms with Crippen molar-refractivity contribution in [3.05, 3.63) is 0 Å². The first-order valence-electron chi connectivity index (χ1n) is 7.90. The summed E-state index contributed by atoms with van der Waals surface area (Å²) >= 11 is 0. The third kappa shape index (κ3) is 3.93. The van der Waals surface area contributed by atoms with Gasteiger partial charge in [-0.2, -0.15) is 0 Å². The molecule has 2 fully saturated rings. The minimum absolute atomic E-state index is 0.264. The Kier molecular flexibility index (Phi) is 5.64. The lowest BCUT2D eigenvalue weighted by Gasteiger charge is -2.44. The molecule has 0 unspecified atom stereocenters. The molecule has 2 atom stereocenters. The van der Waals surface area contributed by atoms with Gasteiger partial charge in [0.2, 0.25) is 5.91 Å². The van der Waals surface area contributed by atoms with Crippen LogP contribution in [-0.4, -0.2) is 55.0 Å². The highest BCUT2D eigenvalue weighted by Gasteiger charge is 2.34. The maximum atomic E-state index is 12.2. The van der Waals surface area contributed by atoms with Crippen LogP contribution in [0.2, 0.25) is 0 Å². The Morgan fingerprint density at radius 3 is 2.79 bits per heavy atom. The second-order valence-corrected chi connectivity index (χ2v) is 6.18. The first-order chi connectivity index (χ1) is 9.22. The highest BCUT2D eigenvalue weighted by molar-refractivity contribution is 5.78. The SMILES string of the molecule is CN(CCCN)C(=O)CN1CCC[C@H]2CCCC[C@H]21. The molecule has 1 amide bonds. The normalized spacial score (nSPS) is 27.9. The number of likely N-dealkylation sites (N-methyl/N-ethyl adjacent to an activating group) is 1. The van der Waals surface area contributed by atoms with Crippen molar-refractivity contribution in [3.63, 3.8) is 0 Å². The number of carbonyl (C=O) groups excluding carboxylic acids is 1. The lowest BCUT2D eigenvalue weighted by Crippen LogP contribution is -2.50. The molecule has 1 aliphatic heterocycles. The Hall–Kier alpha value is -0.610. The van der Waals surface area contributed by atoms with Gasteiger partial charge in [-0.15, -0.1) is 0 Å². The van der Waals surface area contributed by atoms with Gasteiger partial charge >= 0.3 is 0 Å². The van der Waals surface area contributed by atoms with Gasteiger partial charge in [0.25, 0.3) is 0 Å². The van der Waals surface area contributed by atoms with Crippen LogP contribution in [0.15, 0.2) is 0 Å². The van der Waals surface area contributed by atoms with Crippen molar-refractivity contribution < 1.29 is 4.79 Å². The molecule has 1 aliphatic carbocycles. The van der Waals surface area contributed by atoms with Crippen LogP contribution in [0.3, 0.4) is 0 Å². The maximum Gasteiger partial charge on any atom is 0.236 e. The van der Waals surface area contributed by atoms with Gasteiger partial charge in [0, 0.05) is 19.6 Å². The first kappa shape index (κ1) is 14.8.